The molecule has 0 aliphatic carbocycles. The van der Waals surface area contributed by atoms with Crippen molar-refractivity contribution in [1.29, 1.82) is 0 Å². The van der Waals surface area contributed by atoms with Crippen molar-refractivity contribution in [2.75, 3.05) is 13.1 Å². The van der Waals surface area contributed by atoms with Gasteiger partial charge in [0.25, 0.3) is 5.91 Å². The highest BCUT2D eigenvalue weighted by molar-refractivity contribution is 7.13. The van der Waals surface area contributed by atoms with Crippen molar-refractivity contribution >= 4 is 23.2 Å². The quantitative estimate of drug-likeness (QED) is 0.932. The predicted molar refractivity (Wildman–Crippen MR) is 85.4 cm³/mol. The molecular weight excluding hydrogens is 316 g/mol. The second-order valence-corrected chi connectivity index (χ2v) is 7.00. The molecule has 2 aromatic heterocycles. The van der Waals surface area contributed by atoms with E-state index >= 15 is 0 Å². The van der Waals surface area contributed by atoms with Crippen molar-refractivity contribution in [3.63, 3.8) is 0 Å². The number of aryl methyl sites for hydroxylation is 1. The lowest BCUT2D eigenvalue weighted by molar-refractivity contribution is -0.150. The Labute approximate surface area is 137 Å². The number of hydrogen-bond donors (Lipinski definition) is 1. The van der Waals surface area contributed by atoms with Gasteiger partial charge in [0.1, 0.15) is 11.5 Å². The monoisotopic (exact) mass is 334 g/mol. The molecule has 1 saturated heterocycles. The number of furan rings is 1. The molecule has 1 N–H and O–H groups in total. The molecule has 1 atom stereocenters. The topological polar surface area (TPSA) is 83.6 Å². The summed E-state index contributed by atoms with van der Waals surface area (Å²) in [5, 5.41) is 11.7. The van der Waals surface area contributed by atoms with Gasteiger partial charge in [-0.25, -0.2) is 4.98 Å². The van der Waals surface area contributed by atoms with Crippen molar-refractivity contribution in [3.05, 3.63) is 29.0 Å². The molecule has 6 nitrogen and oxygen atoms in total. The second-order valence-electron chi connectivity index (χ2n) is 6.14. The SMILES string of the molecule is Cc1ccc(-c2nc(C(=O)N3CCCC(C)(C(=O)O)C3)cs2)o1. The number of carbonyl (C=O) groups excluding carboxylic acids is 1. The van der Waals surface area contributed by atoms with Gasteiger partial charge in [0.2, 0.25) is 0 Å². The average molecular weight is 334 g/mol. The maximum Gasteiger partial charge on any atom is 0.311 e. The zero-order chi connectivity index (χ0) is 16.6. The van der Waals surface area contributed by atoms with Crippen molar-refractivity contribution in [3.8, 4) is 10.8 Å². The Hall–Kier alpha value is -2.15. The standard InChI is InChI=1S/C16H18N2O4S/c1-10-4-5-12(22-10)13-17-11(8-23-13)14(19)18-7-3-6-16(2,9-18)15(20)21/h4-5,8H,3,6-7,9H2,1-2H3,(H,20,21). The largest absolute Gasteiger partial charge is 0.481 e. The minimum Gasteiger partial charge on any atom is -0.481 e. The van der Waals surface area contributed by atoms with Crippen molar-refractivity contribution in [1.82, 2.24) is 9.88 Å². The number of likely N-dealkylation sites (tertiary alicyclic amines) is 1. The van der Waals surface area contributed by atoms with Crippen LogP contribution in [0.4, 0.5) is 0 Å². The summed E-state index contributed by atoms with van der Waals surface area (Å²) in [6, 6.07) is 3.67. The van der Waals surface area contributed by atoms with Gasteiger partial charge in [0.05, 0.1) is 5.41 Å². The number of amides is 1. The van der Waals surface area contributed by atoms with Crippen LogP contribution in [0.25, 0.3) is 10.8 Å². The maximum atomic E-state index is 12.6. The molecule has 122 valence electrons. The molecule has 0 saturated carbocycles. The van der Waals surface area contributed by atoms with Crippen LogP contribution < -0.4 is 0 Å². The van der Waals surface area contributed by atoms with E-state index in [0.717, 1.165) is 5.76 Å². The number of piperidine rings is 1. The number of thiazole rings is 1. The minimum absolute atomic E-state index is 0.216. The lowest BCUT2D eigenvalue weighted by atomic mass is 9.82. The van der Waals surface area contributed by atoms with Crippen molar-refractivity contribution in [2.45, 2.75) is 26.7 Å². The number of hydrogen-bond acceptors (Lipinski definition) is 5. The highest BCUT2D eigenvalue weighted by Gasteiger charge is 2.39. The molecule has 1 amide bonds. The molecule has 0 bridgehead atoms. The fourth-order valence-corrected chi connectivity index (χ4v) is 3.54. The number of aromatic nitrogens is 1. The molecule has 1 aliphatic rings. The number of aliphatic carboxylic acids is 1. The lowest BCUT2D eigenvalue weighted by Gasteiger charge is -2.37. The van der Waals surface area contributed by atoms with E-state index in [1.807, 2.05) is 19.1 Å². The Morgan fingerprint density at radius 1 is 1.43 bits per heavy atom. The summed E-state index contributed by atoms with van der Waals surface area (Å²) in [5.41, 5.74) is -0.543. The van der Waals surface area contributed by atoms with Crippen LogP contribution in [-0.4, -0.2) is 40.0 Å². The summed E-state index contributed by atoms with van der Waals surface area (Å²) in [5.74, 6) is 0.347. The summed E-state index contributed by atoms with van der Waals surface area (Å²) in [6.07, 6.45) is 1.27. The lowest BCUT2D eigenvalue weighted by Crippen LogP contribution is -2.48. The second kappa shape index (κ2) is 5.81. The number of carboxylic acid groups (broad SMARTS) is 1. The molecule has 1 unspecified atom stereocenters. The Kier molecular flexibility index (Phi) is 3.97. The molecule has 0 aromatic carbocycles. The van der Waals surface area contributed by atoms with Crippen LogP contribution in [0.3, 0.4) is 0 Å². The maximum absolute atomic E-state index is 12.6. The van der Waals surface area contributed by atoms with E-state index in [4.69, 9.17) is 4.42 Å². The van der Waals surface area contributed by atoms with Gasteiger partial charge in [-0.3, -0.25) is 9.59 Å². The highest BCUT2D eigenvalue weighted by Crippen LogP contribution is 2.31. The number of nitrogens with zero attached hydrogens (tertiary/aromatic N) is 2. The van der Waals surface area contributed by atoms with Crippen molar-refractivity contribution in [2.24, 2.45) is 5.41 Å². The molecule has 0 spiro atoms. The van der Waals surface area contributed by atoms with Crippen LogP contribution in [0.2, 0.25) is 0 Å². The summed E-state index contributed by atoms with van der Waals surface area (Å²) in [7, 11) is 0. The van der Waals surface area contributed by atoms with E-state index in [-0.39, 0.29) is 12.5 Å². The van der Waals surface area contributed by atoms with Gasteiger partial charge in [-0.2, -0.15) is 0 Å². The van der Waals surface area contributed by atoms with Crippen LogP contribution in [-0.2, 0) is 4.79 Å². The van der Waals surface area contributed by atoms with Gasteiger partial charge in [-0.05, 0) is 38.8 Å². The molecule has 7 heteroatoms. The first kappa shape index (κ1) is 15.7. The molecule has 2 aromatic rings. The van der Waals surface area contributed by atoms with E-state index in [9.17, 15) is 14.7 Å². The highest BCUT2D eigenvalue weighted by atomic mass is 32.1. The van der Waals surface area contributed by atoms with Gasteiger partial charge < -0.3 is 14.4 Å². The Morgan fingerprint density at radius 3 is 2.87 bits per heavy atom. The van der Waals surface area contributed by atoms with Gasteiger partial charge in [-0.1, -0.05) is 0 Å². The van der Waals surface area contributed by atoms with Gasteiger partial charge in [0, 0.05) is 18.5 Å². The molecule has 3 rings (SSSR count). The molecule has 23 heavy (non-hydrogen) atoms. The van der Waals surface area contributed by atoms with Crippen LogP contribution in [0, 0.1) is 12.3 Å². The van der Waals surface area contributed by atoms with Crippen LogP contribution >= 0.6 is 11.3 Å². The number of carboxylic acids is 1. The van der Waals surface area contributed by atoms with Crippen LogP contribution in [0.1, 0.15) is 36.0 Å². The molecule has 3 heterocycles. The third-order valence-electron chi connectivity index (χ3n) is 4.17. The summed E-state index contributed by atoms with van der Waals surface area (Å²) in [6.45, 7) is 4.32. The molecule has 1 fully saturated rings. The van der Waals surface area contributed by atoms with Crippen LogP contribution in [0.5, 0.6) is 0 Å². The Balaban J connectivity index is 1.78. The van der Waals surface area contributed by atoms with E-state index < -0.39 is 11.4 Å². The zero-order valence-corrected chi connectivity index (χ0v) is 13.9. The molecule has 0 radical (unpaired) electrons. The first-order valence-electron chi connectivity index (χ1n) is 7.44. The summed E-state index contributed by atoms with van der Waals surface area (Å²) < 4.78 is 5.52. The summed E-state index contributed by atoms with van der Waals surface area (Å²) >= 11 is 1.35. The smallest absolute Gasteiger partial charge is 0.311 e. The van der Waals surface area contributed by atoms with E-state index in [1.54, 1.807) is 17.2 Å². The van der Waals surface area contributed by atoms with E-state index in [0.29, 0.717) is 35.8 Å². The Morgan fingerprint density at radius 2 is 2.22 bits per heavy atom. The van der Waals surface area contributed by atoms with Gasteiger partial charge in [-0.15, -0.1) is 11.3 Å². The van der Waals surface area contributed by atoms with Crippen LogP contribution in [0.15, 0.2) is 21.9 Å². The fourth-order valence-electron chi connectivity index (χ4n) is 2.78. The van der Waals surface area contributed by atoms with Crippen molar-refractivity contribution < 1.29 is 19.1 Å². The first-order valence-corrected chi connectivity index (χ1v) is 8.32. The third kappa shape index (κ3) is 3.01. The zero-order valence-electron chi connectivity index (χ0n) is 13.0. The average Bonchev–Trinajstić information content (AvgIpc) is 3.15. The number of rotatable bonds is 3. The normalized spacial score (nSPS) is 21.4. The summed E-state index contributed by atoms with van der Waals surface area (Å²) in [4.78, 5) is 29.9. The molecule has 1 aliphatic heterocycles. The number of carbonyl (C=O) groups is 2. The first-order chi connectivity index (χ1) is 10.9. The van der Waals surface area contributed by atoms with E-state index in [2.05, 4.69) is 4.98 Å². The Bertz CT molecular complexity index is 751. The van der Waals surface area contributed by atoms with E-state index in [1.165, 1.54) is 11.3 Å². The fraction of sp³-hybridized carbons (Fsp3) is 0.438. The predicted octanol–water partition coefficient (Wildman–Crippen LogP) is 3.04. The van der Waals surface area contributed by atoms with Gasteiger partial charge in [0.15, 0.2) is 10.8 Å². The third-order valence-corrected chi connectivity index (χ3v) is 5.03. The van der Waals surface area contributed by atoms with Gasteiger partial charge >= 0.3 is 5.97 Å². The minimum atomic E-state index is -0.884. The molecular formula is C16H18N2O4S.